The summed E-state index contributed by atoms with van der Waals surface area (Å²) >= 11 is 6.02. The van der Waals surface area contributed by atoms with E-state index in [1.807, 2.05) is 39.8 Å². The van der Waals surface area contributed by atoms with E-state index < -0.39 is 23.0 Å². The van der Waals surface area contributed by atoms with Crippen LogP contribution in [0.2, 0.25) is 5.02 Å². The smallest absolute Gasteiger partial charge is 0.335 e. The first-order chi connectivity index (χ1) is 14.9. The second-order valence-electron chi connectivity index (χ2n) is 9.51. The van der Waals surface area contributed by atoms with Crippen molar-refractivity contribution in [1.82, 2.24) is 4.90 Å². The second-order valence-corrected chi connectivity index (χ2v) is 9.95. The minimum absolute atomic E-state index is 0.0174. The highest BCUT2D eigenvalue weighted by atomic mass is 35.5. The monoisotopic (exact) mass is 458 g/mol. The third kappa shape index (κ3) is 4.76. The lowest BCUT2D eigenvalue weighted by Crippen LogP contribution is -2.59. The van der Waals surface area contributed by atoms with Gasteiger partial charge < -0.3 is 20.4 Å². The Morgan fingerprint density at radius 3 is 2.34 bits per heavy atom. The number of carboxylic acids is 1. The molecular formula is C25H31ClN2O4. The van der Waals surface area contributed by atoms with E-state index in [-0.39, 0.29) is 17.4 Å². The van der Waals surface area contributed by atoms with Gasteiger partial charge in [-0.3, -0.25) is 4.79 Å². The molecule has 2 aromatic rings. The lowest BCUT2D eigenvalue weighted by atomic mass is 9.66. The molecule has 2 unspecified atom stereocenters. The molecule has 0 spiro atoms. The highest BCUT2D eigenvalue weighted by Crippen LogP contribution is 2.46. The summed E-state index contributed by atoms with van der Waals surface area (Å²) in [5, 5.41) is 24.7. The molecule has 0 aliphatic carbocycles. The molecule has 0 bridgehead atoms. The predicted molar refractivity (Wildman–Crippen MR) is 126 cm³/mol. The van der Waals surface area contributed by atoms with Crippen molar-refractivity contribution in [1.29, 1.82) is 0 Å². The zero-order valence-electron chi connectivity index (χ0n) is 18.9. The first-order valence-corrected chi connectivity index (χ1v) is 11.2. The lowest BCUT2D eigenvalue weighted by molar-refractivity contribution is -0.154. The molecule has 7 heteroatoms. The number of carbonyl (C=O) groups is 2. The van der Waals surface area contributed by atoms with Crippen LogP contribution in [0.1, 0.15) is 50.0 Å². The Balaban J connectivity index is 1.80. The molecule has 6 nitrogen and oxygen atoms in total. The molecule has 32 heavy (non-hydrogen) atoms. The van der Waals surface area contributed by atoms with E-state index in [2.05, 4.69) is 5.32 Å². The number of rotatable bonds is 6. The standard InChI is InChI=1S/C25H31ClN2O4/c1-16(2)21(27-20-7-5-6-17(14-20)23(30)31)22(29)28-13-12-25(32,24(3,4)15-28)18-8-10-19(26)11-9-18/h5-11,14,16,21,27,32H,12-13,15H2,1-4H3,(H,30,31). The van der Waals surface area contributed by atoms with E-state index in [1.54, 1.807) is 29.2 Å². The van der Waals surface area contributed by atoms with Crippen LogP contribution in [-0.2, 0) is 10.4 Å². The molecule has 1 saturated heterocycles. The maximum Gasteiger partial charge on any atom is 0.335 e. The number of aliphatic hydroxyl groups is 1. The molecule has 1 fully saturated rings. The van der Waals surface area contributed by atoms with E-state index in [0.717, 1.165) is 5.56 Å². The molecule has 0 radical (unpaired) electrons. The largest absolute Gasteiger partial charge is 0.478 e. The summed E-state index contributed by atoms with van der Waals surface area (Å²) in [4.78, 5) is 26.6. The number of hydrogen-bond acceptors (Lipinski definition) is 4. The predicted octanol–water partition coefficient (Wildman–Crippen LogP) is 4.62. The van der Waals surface area contributed by atoms with Crippen LogP contribution in [0.5, 0.6) is 0 Å². The minimum Gasteiger partial charge on any atom is -0.478 e. The summed E-state index contributed by atoms with van der Waals surface area (Å²) in [6.45, 7) is 8.66. The fraction of sp³-hybridized carbons (Fsp3) is 0.440. The molecule has 1 aliphatic heterocycles. The summed E-state index contributed by atoms with van der Waals surface area (Å²) in [6.07, 6.45) is 0.409. The van der Waals surface area contributed by atoms with Gasteiger partial charge in [0.2, 0.25) is 5.91 Å². The zero-order chi connectivity index (χ0) is 23.7. The van der Waals surface area contributed by atoms with E-state index in [1.165, 1.54) is 12.1 Å². The summed E-state index contributed by atoms with van der Waals surface area (Å²) in [6, 6.07) is 13.2. The molecule has 3 rings (SSSR count). The number of nitrogens with zero attached hydrogens (tertiary/aromatic N) is 1. The number of halogens is 1. The van der Waals surface area contributed by atoms with E-state index in [9.17, 15) is 19.8 Å². The maximum atomic E-state index is 13.5. The lowest BCUT2D eigenvalue weighted by Gasteiger charge is -2.51. The van der Waals surface area contributed by atoms with Crippen LogP contribution in [0, 0.1) is 11.3 Å². The van der Waals surface area contributed by atoms with Crippen LogP contribution in [0.3, 0.4) is 0 Å². The average Bonchev–Trinajstić information content (AvgIpc) is 2.74. The Hall–Kier alpha value is -2.57. The van der Waals surface area contributed by atoms with E-state index >= 15 is 0 Å². The van der Waals surface area contributed by atoms with Crippen molar-refractivity contribution >= 4 is 29.2 Å². The van der Waals surface area contributed by atoms with Crippen molar-refractivity contribution in [2.45, 2.75) is 45.8 Å². The molecule has 0 saturated carbocycles. The molecule has 1 aliphatic rings. The van der Waals surface area contributed by atoms with Crippen molar-refractivity contribution in [3.8, 4) is 0 Å². The number of benzene rings is 2. The second kappa shape index (κ2) is 9.12. The number of aromatic carboxylic acids is 1. The Kier molecular flexibility index (Phi) is 6.86. The minimum atomic E-state index is -1.08. The van der Waals surface area contributed by atoms with Crippen LogP contribution < -0.4 is 5.32 Å². The number of anilines is 1. The third-order valence-corrected chi connectivity index (χ3v) is 6.70. The van der Waals surface area contributed by atoms with E-state index in [4.69, 9.17) is 11.6 Å². The highest BCUT2D eigenvalue weighted by Gasteiger charge is 2.50. The normalized spacial score (nSPS) is 21.3. The zero-order valence-corrected chi connectivity index (χ0v) is 19.7. The van der Waals surface area contributed by atoms with Gasteiger partial charge in [-0.25, -0.2) is 4.79 Å². The van der Waals surface area contributed by atoms with E-state index in [0.29, 0.717) is 30.2 Å². The Morgan fingerprint density at radius 2 is 1.78 bits per heavy atom. The molecule has 3 N–H and O–H groups in total. The van der Waals surface area contributed by atoms with Crippen LogP contribution in [-0.4, -0.2) is 46.1 Å². The fourth-order valence-electron chi connectivity index (χ4n) is 4.40. The fourth-order valence-corrected chi connectivity index (χ4v) is 4.53. The van der Waals surface area contributed by atoms with Gasteiger partial charge in [-0.2, -0.15) is 0 Å². The number of nitrogens with one attached hydrogen (secondary N) is 1. The van der Waals surface area contributed by atoms with Crippen LogP contribution in [0.4, 0.5) is 5.69 Å². The summed E-state index contributed by atoms with van der Waals surface area (Å²) < 4.78 is 0. The van der Waals surface area contributed by atoms with Crippen molar-refractivity contribution in [3.05, 3.63) is 64.7 Å². The number of piperidine rings is 1. The molecule has 2 atom stereocenters. The van der Waals surface area contributed by atoms with Gasteiger partial charge >= 0.3 is 5.97 Å². The molecule has 2 aromatic carbocycles. The van der Waals surface area contributed by atoms with Gasteiger partial charge in [0.25, 0.3) is 0 Å². The van der Waals surface area contributed by atoms with Gasteiger partial charge in [0, 0.05) is 29.2 Å². The van der Waals surface area contributed by atoms with Crippen LogP contribution in [0.25, 0.3) is 0 Å². The molecular weight excluding hydrogens is 428 g/mol. The first kappa shape index (κ1) is 24.1. The highest BCUT2D eigenvalue weighted by molar-refractivity contribution is 6.30. The first-order valence-electron chi connectivity index (χ1n) is 10.8. The molecule has 0 aromatic heterocycles. The van der Waals surface area contributed by atoms with Crippen LogP contribution >= 0.6 is 11.6 Å². The van der Waals surface area contributed by atoms with Crippen molar-refractivity contribution in [3.63, 3.8) is 0 Å². The molecule has 1 heterocycles. The number of carboxylic acid groups (broad SMARTS) is 1. The quantitative estimate of drug-likeness (QED) is 0.587. The number of likely N-dealkylation sites (tertiary alicyclic amines) is 1. The Bertz CT molecular complexity index is 990. The van der Waals surface area contributed by atoms with Gasteiger partial charge in [-0.15, -0.1) is 0 Å². The number of hydrogen-bond donors (Lipinski definition) is 3. The average molecular weight is 459 g/mol. The topological polar surface area (TPSA) is 89.9 Å². The SMILES string of the molecule is CC(C)C(Nc1cccc(C(=O)O)c1)C(=O)N1CCC(O)(c2ccc(Cl)cc2)C(C)(C)C1. The maximum absolute atomic E-state index is 13.5. The van der Waals surface area contributed by atoms with Gasteiger partial charge in [0.1, 0.15) is 6.04 Å². The third-order valence-electron chi connectivity index (χ3n) is 6.45. The molecule has 1 amide bonds. The van der Waals surface area contributed by atoms with Gasteiger partial charge in [-0.1, -0.05) is 57.5 Å². The number of carbonyl (C=O) groups excluding carboxylic acids is 1. The van der Waals surface area contributed by atoms with Gasteiger partial charge in [0.15, 0.2) is 0 Å². The van der Waals surface area contributed by atoms with Crippen molar-refractivity contribution < 1.29 is 19.8 Å². The van der Waals surface area contributed by atoms with Crippen molar-refractivity contribution in [2.75, 3.05) is 18.4 Å². The number of amides is 1. The molecule has 172 valence electrons. The Labute approximate surface area is 194 Å². The Morgan fingerprint density at radius 1 is 1.12 bits per heavy atom. The van der Waals surface area contributed by atoms with Gasteiger partial charge in [0.05, 0.1) is 11.2 Å². The van der Waals surface area contributed by atoms with Gasteiger partial charge in [-0.05, 0) is 48.2 Å². The summed E-state index contributed by atoms with van der Waals surface area (Å²) in [5.74, 6) is -1.09. The summed E-state index contributed by atoms with van der Waals surface area (Å²) in [5.41, 5.74) is -0.115. The van der Waals surface area contributed by atoms with Crippen LogP contribution in [0.15, 0.2) is 48.5 Å². The van der Waals surface area contributed by atoms with Crippen molar-refractivity contribution in [2.24, 2.45) is 11.3 Å². The summed E-state index contributed by atoms with van der Waals surface area (Å²) in [7, 11) is 0.